The number of ether oxygens (including phenoxy) is 1. The van der Waals surface area contributed by atoms with Gasteiger partial charge in [0.1, 0.15) is 5.82 Å². The molecule has 8 nitrogen and oxygen atoms in total. The molecule has 0 aliphatic rings. The van der Waals surface area contributed by atoms with Gasteiger partial charge in [-0.3, -0.25) is 9.78 Å². The van der Waals surface area contributed by atoms with Crippen molar-refractivity contribution in [2.75, 3.05) is 31.6 Å². The van der Waals surface area contributed by atoms with Crippen LogP contribution in [0.25, 0.3) is 21.7 Å². The van der Waals surface area contributed by atoms with Gasteiger partial charge >= 0.3 is 0 Å². The minimum absolute atomic E-state index is 0.426. The lowest BCUT2D eigenvalue weighted by Crippen LogP contribution is -2.16. The number of nitrogens with zero attached hydrogens (tertiary/aromatic N) is 2. The predicted molar refractivity (Wildman–Crippen MR) is 145 cm³/mol. The summed E-state index contributed by atoms with van der Waals surface area (Å²) in [5.41, 5.74) is 14.4. The van der Waals surface area contributed by atoms with E-state index >= 15 is 0 Å². The molecule has 2 aromatic carbocycles. The molecule has 188 valence electrons. The second-order valence-corrected chi connectivity index (χ2v) is 9.01. The fraction of sp³-hybridized carbons (Fsp3) is 0.296. The van der Waals surface area contributed by atoms with Crippen LogP contribution >= 0.6 is 11.6 Å². The molecule has 4 rings (SSSR count). The highest BCUT2D eigenvalue weighted by Crippen LogP contribution is 2.29. The number of benzene rings is 2. The molecule has 0 unspecified atom stereocenters. The molecule has 0 bridgehead atoms. The molecule has 0 radical (unpaired) electrons. The number of amides is 1. The Hall–Kier alpha value is -3.30. The van der Waals surface area contributed by atoms with E-state index in [0.29, 0.717) is 37.4 Å². The molecule has 9 heteroatoms. The number of primary amides is 1. The highest BCUT2D eigenvalue weighted by Gasteiger charge is 2.10. The number of aromatic nitrogens is 2. The van der Waals surface area contributed by atoms with Crippen molar-refractivity contribution in [1.29, 1.82) is 0 Å². The summed E-state index contributed by atoms with van der Waals surface area (Å²) in [6.07, 6.45) is 5.54. The van der Waals surface area contributed by atoms with Crippen LogP contribution in [-0.4, -0.2) is 42.2 Å². The zero-order valence-electron chi connectivity index (χ0n) is 20.1. The van der Waals surface area contributed by atoms with Crippen LogP contribution in [0.15, 0.2) is 54.9 Å². The highest BCUT2D eigenvalue weighted by molar-refractivity contribution is 6.30. The highest BCUT2D eigenvalue weighted by atomic mass is 35.5. The summed E-state index contributed by atoms with van der Waals surface area (Å²) in [7, 11) is 0. The Bertz CT molecular complexity index is 1350. The van der Waals surface area contributed by atoms with Crippen molar-refractivity contribution in [3.8, 4) is 0 Å². The number of carbonyl (C=O) groups is 1. The largest absolute Gasteiger partial charge is 0.380 e. The zero-order chi connectivity index (χ0) is 25.3. The van der Waals surface area contributed by atoms with E-state index in [4.69, 9.17) is 32.8 Å². The van der Waals surface area contributed by atoms with E-state index < -0.39 is 5.91 Å². The molecule has 0 aliphatic heterocycles. The third-order valence-electron chi connectivity index (χ3n) is 5.89. The number of unbranched alkanes of at least 4 members (excludes halogenated alkanes) is 1. The van der Waals surface area contributed by atoms with E-state index in [2.05, 4.69) is 21.7 Å². The molecule has 0 atom stereocenters. The second-order valence-electron chi connectivity index (χ2n) is 8.57. The second kappa shape index (κ2) is 12.6. The van der Waals surface area contributed by atoms with E-state index in [1.165, 1.54) is 0 Å². The SMILES string of the molecule is NCc1cc(Cl)cc(CNCCCCOCCNc2nc3cc(C(N)=O)ccc3c3cnccc23)c1. The van der Waals surface area contributed by atoms with Crippen molar-refractivity contribution in [3.05, 3.63) is 76.6 Å². The van der Waals surface area contributed by atoms with Gasteiger partial charge in [-0.15, -0.1) is 0 Å². The number of pyridine rings is 2. The molecule has 0 fully saturated rings. The molecule has 0 saturated heterocycles. The Morgan fingerprint density at radius 2 is 1.83 bits per heavy atom. The van der Waals surface area contributed by atoms with Gasteiger partial charge in [0.15, 0.2) is 0 Å². The summed E-state index contributed by atoms with van der Waals surface area (Å²) in [6, 6.07) is 13.2. The summed E-state index contributed by atoms with van der Waals surface area (Å²) < 4.78 is 5.79. The number of hydrogen-bond acceptors (Lipinski definition) is 7. The Labute approximate surface area is 215 Å². The van der Waals surface area contributed by atoms with Crippen LogP contribution in [-0.2, 0) is 17.8 Å². The van der Waals surface area contributed by atoms with Gasteiger partial charge in [-0.05, 0) is 60.8 Å². The number of carbonyl (C=O) groups excluding carboxylic acids is 1. The number of rotatable bonds is 13. The lowest BCUT2D eigenvalue weighted by molar-refractivity contribution is 0.100. The van der Waals surface area contributed by atoms with E-state index in [1.807, 2.05) is 30.5 Å². The molecular formula is C27H31ClN6O2. The van der Waals surface area contributed by atoms with Crippen molar-refractivity contribution >= 4 is 45.0 Å². The third-order valence-corrected chi connectivity index (χ3v) is 6.11. The molecule has 6 N–H and O–H groups in total. The maximum atomic E-state index is 11.6. The van der Waals surface area contributed by atoms with E-state index in [-0.39, 0.29) is 0 Å². The summed E-state index contributed by atoms with van der Waals surface area (Å²) in [5.74, 6) is 0.251. The number of hydrogen-bond donors (Lipinski definition) is 4. The predicted octanol–water partition coefficient (Wildman–Crippen LogP) is 3.99. The molecule has 0 aliphatic carbocycles. The van der Waals surface area contributed by atoms with Crippen LogP contribution in [0.3, 0.4) is 0 Å². The lowest BCUT2D eigenvalue weighted by Gasteiger charge is -2.12. The minimum atomic E-state index is -0.478. The maximum Gasteiger partial charge on any atom is 0.248 e. The number of anilines is 1. The van der Waals surface area contributed by atoms with Crippen molar-refractivity contribution in [1.82, 2.24) is 15.3 Å². The normalized spacial score (nSPS) is 11.3. The van der Waals surface area contributed by atoms with E-state index in [0.717, 1.165) is 64.1 Å². The quantitative estimate of drug-likeness (QED) is 0.159. The van der Waals surface area contributed by atoms with Crippen molar-refractivity contribution < 1.29 is 9.53 Å². The third kappa shape index (κ3) is 6.67. The average molecular weight is 507 g/mol. The molecule has 0 spiro atoms. The van der Waals surface area contributed by atoms with Gasteiger partial charge in [0, 0.05) is 65.4 Å². The molecule has 4 aromatic rings. The van der Waals surface area contributed by atoms with Gasteiger partial charge in [0.05, 0.1) is 12.1 Å². The van der Waals surface area contributed by atoms with Gasteiger partial charge < -0.3 is 26.8 Å². The van der Waals surface area contributed by atoms with Gasteiger partial charge in [0.25, 0.3) is 0 Å². The van der Waals surface area contributed by atoms with Crippen LogP contribution < -0.4 is 22.1 Å². The first-order valence-corrected chi connectivity index (χ1v) is 12.4. The molecule has 36 heavy (non-hydrogen) atoms. The lowest BCUT2D eigenvalue weighted by atomic mass is 10.1. The number of nitrogens with one attached hydrogen (secondary N) is 2. The van der Waals surface area contributed by atoms with Gasteiger partial charge in [-0.25, -0.2) is 4.98 Å². The summed E-state index contributed by atoms with van der Waals surface area (Å²) in [4.78, 5) is 20.6. The van der Waals surface area contributed by atoms with E-state index in [9.17, 15) is 4.79 Å². The Morgan fingerprint density at radius 3 is 2.67 bits per heavy atom. The molecular weight excluding hydrogens is 476 g/mol. The van der Waals surface area contributed by atoms with Crippen LogP contribution in [0.1, 0.15) is 34.3 Å². The molecule has 0 saturated carbocycles. The zero-order valence-corrected chi connectivity index (χ0v) is 20.9. The molecule has 2 aromatic heterocycles. The molecule has 2 heterocycles. The summed E-state index contributed by atoms with van der Waals surface area (Å²) in [6.45, 7) is 4.02. The Morgan fingerprint density at radius 1 is 0.972 bits per heavy atom. The number of fused-ring (bicyclic) bond motifs is 3. The monoisotopic (exact) mass is 506 g/mol. The van der Waals surface area contributed by atoms with Crippen molar-refractivity contribution in [2.45, 2.75) is 25.9 Å². The molecule has 1 amide bonds. The van der Waals surface area contributed by atoms with Gasteiger partial charge in [-0.1, -0.05) is 23.7 Å². The Kier molecular flexibility index (Phi) is 9.02. The fourth-order valence-corrected chi connectivity index (χ4v) is 4.38. The Balaban J connectivity index is 1.20. The fourth-order valence-electron chi connectivity index (χ4n) is 4.10. The first kappa shape index (κ1) is 25.8. The van der Waals surface area contributed by atoms with Crippen LogP contribution in [0.2, 0.25) is 5.02 Å². The van der Waals surface area contributed by atoms with Gasteiger partial charge in [-0.2, -0.15) is 0 Å². The van der Waals surface area contributed by atoms with Gasteiger partial charge in [0.2, 0.25) is 5.91 Å². The number of nitrogens with two attached hydrogens (primary N) is 2. The van der Waals surface area contributed by atoms with Crippen LogP contribution in [0, 0.1) is 0 Å². The van der Waals surface area contributed by atoms with E-state index in [1.54, 1.807) is 18.3 Å². The average Bonchev–Trinajstić information content (AvgIpc) is 2.89. The summed E-state index contributed by atoms with van der Waals surface area (Å²) >= 11 is 6.13. The first-order valence-electron chi connectivity index (χ1n) is 12.0. The minimum Gasteiger partial charge on any atom is -0.380 e. The smallest absolute Gasteiger partial charge is 0.248 e. The first-order chi connectivity index (χ1) is 17.5. The maximum absolute atomic E-state index is 11.6. The van der Waals surface area contributed by atoms with Crippen molar-refractivity contribution in [2.24, 2.45) is 11.5 Å². The summed E-state index contributed by atoms with van der Waals surface area (Å²) in [5, 5.41) is 10.4. The standard InChI is InChI=1S/C27H31ClN6O2/c28-21-12-18(15-29)11-19(13-21)16-31-6-1-2-9-36-10-8-33-27-23-5-7-32-17-24(23)22-4-3-20(26(30)35)14-25(22)34-27/h3-5,7,11-14,17,31H,1-2,6,8-10,15-16,29H2,(H2,30,35)(H,33,34). The topological polar surface area (TPSA) is 128 Å². The van der Waals surface area contributed by atoms with Crippen LogP contribution in [0.5, 0.6) is 0 Å². The van der Waals surface area contributed by atoms with Crippen LogP contribution in [0.4, 0.5) is 5.82 Å². The van der Waals surface area contributed by atoms with Crippen molar-refractivity contribution in [3.63, 3.8) is 0 Å². The number of halogens is 1.